The number of carbonyl (C=O) groups excluding carboxylic acids is 1. The van der Waals surface area contributed by atoms with Crippen LogP contribution in [0.25, 0.3) is 0 Å². The van der Waals surface area contributed by atoms with Crippen molar-refractivity contribution in [3.63, 3.8) is 0 Å². The van der Waals surface area contributed by atoms with Gasteiger partial charge in [0.2, 0.25) is 5.91 Å². The number of amides is 1. The maximum absolute atomic E-state index is 12.9. The molecule has 2 fully saturated rings. The molecule has 1 N–H and O–H groups in total. The van der Waals surface area contributed by atoms with Crippen molar-refractivity contribution in [2.75, 3.05) is 39.8 Å². The van der Waals surface area contributed by atoms with Gasteiger partial charge in [-0.05, 0) is 24.4 Å². The Morgan fingerprint density at radius 2 is 2.04 bits per heavy atom. The fourth-order valence-corrected chi connectivity index (χ4v) is 5.39. The predicted octanol–water partition coefficient (Wildman–Crippen LogP) is 0.492. The third kappa shape index (κ3) is 3.50. The minimum absolute atomic E-state index is 0.0834. The molecule has 1 amide bonds. The van der Waals surface area contributed by atoms with Gasteiger partial charge in [0.05, 0.1) is 6.04 Å². The quantitative estimate of drug-likeness (QED) is 0.838. The first-order valence-electron chi connectivity index (χ1n) is 8.22. The second kappa shape index (κ2) is 7.09. The summed E-state index contributed by atoms with van der Waals surface area (Å²) >= 11 is 1.51. The van der Waals surface area contributed by atoms with E-state index in [2.05, 4.69) is 16.5 Å². The molecule has 2 aliphatic heterocycles. The molecule has 0 unspecified atom stereocenters. The van der Waals surface area contributed by atoms with E-state index in [1.54, 1.807) is 4.90 Å². The molecule has 3 rings (SSSR count). The third-order valence-electron chi connectivity index (χ3n) is 4.87. The van der Waals surface area contributed by atoms with Crippen LogP contribution < -0.4 is 4.72 Å². The molecule has 0 aromatic carbocycles. The fourth-order valence-electron chi connectivity index (χ4n) is 3.27. The van der Waals surface area contributed by atoms with E-state index in [4.69, 9.17) is 0 Å². The maximum atomic E-state index is 12.9. The standard InChI is InChI=1S/C15H24N4O3S2/c1-3-18-6-8-19(9-7-18)15(20)13-11-12(14-5-4-10-23-14)16-24(21,22)17(13)2/h4-5,10,12-13,16H,3,6-9,11H2,1-2H3/t12-,13-/m1/s1. The normalized spacial score (nSPS) is 28.8. The summed E-state index contributed by atoms with van der Waals surface area (Å²) in [6.45, 7) is 6.10. The molecule has 2 atom stereocenters. The molecule has 7 nitrogen and oxygen atoms in total. The van der Waals surface area contributed by atoms with E-state index in [1.807, 2.05) is 17.5 Å². The van der Waals surface area contributed by atoms with Crippen LogP contribution in [-0.2, 0) is 15.0 Å². The molecule has 1 aromatic rings. The van der Waals surface area contributed by atoms with Crippen molar-refractivity contribution in [3.8, 4) is 0 Å². The highest BCUT2D eigenvalue weighted by Gasteiger charge is 2.42. The summed E-state index contributed by atoms with van der Waals surface area (Å²) in [5.74, 6) is -0.0834. The predicted molar refractivity (Wildman–Crippen MR) is 94.0 cm³/mol. The van der Waals surface area contributed by atoms with E-state index in [1.165, 1.54) is 22.7 Å². The van der Waals surface area contributed by atoms with E-state index in [-0.39, 0.29) is 11.9 Å². The molecule has 0 bridgehead atoms. The van der Waals surface area contributed by atoms with Crippen LogP contribution in [0.1, 0.15) is 24.3 Å². The molecule has 2 saturated heterocycles. The molecular formula is C15H24N4O3S2. The first-order chi connectivity index (χ1) is 11.4. The van der Waals surface area contributed by atoms with Gasteiger partial charge in [-0.1, -0.05) is 13.0 Å². The van der Waals surface area contributed by atoms with E-state index >= 15 is 0 Å². The van der Waals surface area contributed by atoms with Crippen LogP contribution in [-0.4, -0.2) is 74.2 Å². The molecule has 1 aromatic heterocycles. The number of hydrogen-bond acceptors (Lipinski definition) is 5. The summed E-state index contributed by atoms with van der Waals surface area (Å²) in [4.78, 5) is 18.0. The third-order valence-corrected chi connectivity index (χ3v) is 7.45. The molecule has 0 radical (unpaired) electrons. The van der Waals surface area contributed by atoms with Crippen LogP contribution in [0, 0.1) is 0 Å². The second-order valence-electron chi connectivity index (χ2n) is 6.22. The zero-order valence-corrected chi connectivity index (χ0v) is 15.6. The summed E-state index contributed by atoms with van der Waals surface area (Å²) in [6.07, 6.45) is 0.461. The Kier molecular flexibility index (Phi) is 5.26. The number of likely N-dealkylation sites (N-methyl/N-ethyl adjacent to an activating group) is 2. The zero-order valence-electron chi connectivity index (χ0n) is 14.0. The van der Waals surface area contributed by atoms with Gasteiger partial charge in [-0.2, -0.15) is 17.4 Å². The van der Waals surface area contributed by atoms with E-state index in [0.717, 1.165) is 24.5 Å². The maximum Gasteiger partial charge on any atom is 0.280 e. The molecule has 0 spiro atoms. The Balaban J connectivity index is 1.76. The van der Waals surface area contributed by atoms with Crippen molar-refractivity contribution in [2.24, 2.45) is 0 Å². The Labute approximate surface area is 147 Å². The fraction of sp³-hybridized carbons (Fsp3) is 0.667. The second-order valence-corrected chi connectivity index (χ2v) is 8.96. The summed E-state index contributed by atoms with van der Waals surface area (Å²) in [7, 11) is -2.17. The lowest BCUT2D eigenvalue weighted by Crippen LogP contribution is -2.60. The first-order valence-corrected chi connectivity index (χ1v) is 10.5. The summed E-state index contributed by atoms with van der Waals surface area (Å²) < 4.78 is 28.7. The van der Waals surface area contributed by atoms with Gasteiger partial charge in [-0.3, -0.25) is 4.79 Å². The molecule has 0 saturated carbocycles. The van der Waals surface area contributed by atoms with E-state index in [9.17, 15) is 13.2 Å². The van der Waals surface area contributed by atoms with Gasteiger partial charge in [-0.25, -0.2) is 0 Å². The highest BCUT2D eigenvalue weighted by Crippen LogP contribution is 2.31. The Hall–Kier alpha value is -1.00. The lowest BCUT2D eigenvalue weighted by molar-refractivity contribution is -0.137. The van der Waals surface area contributed by atoms with Gasteiger partial charge in [-0.15, -0.1) is 11.3 Å². The molecule has 24 heavy (non-hydrogen) atoms. The average Bonchev–Trinajstić information content (AvgIpc) is 3.11. The van der Waals surface area contributed by atoms with Crippen LogP contribution in [0.2, 0.25) is 0 Å². The minimum atomic E-state index is -3.65. The van der Waals surface area contributed by atoms with Gasteiger partial charge in [0.15, 0.2) is 0 Å². The molecule has 3 heterocycles. The largest absolute Gasteiger partial charge is 0.339 e. The highest BCUT2D eigenvalue weighted by atomic mass is 32.2. The van der Waals surface area contributed by atoms with Crippen LogP contribution in [0.4, 0.5) is 0 Å². The number of rotatable bonds is 3. The molecule has 134 valence electrons. The van der Waals surface area contributed by atoms with E-state index in [0.29, 0.717) is 19.5 Å². The van der Waals surface area contributed by atoms with Crippen molar-refractivity contribution >= 4 is 27.5 Å². The van der Waals surface area contributed by atoms with Crippen LogP contribution in [0.5, 0.6) is 0 Å². The topological polar surface area (TPSA) is 73.0 Å². The van der Waals surface area contributed by atoms with Crippen molar-refractivity contribution < 1.29 is 13.2 Å². The number of thiophene rings is 1. The summed E-state index contributed by atoms with van der Waals surface area (Å²) in [6, 6.07) is 2.83. The number of nitrogens with one attached hydrogen (secondary N) is 1. The van der Waals surface area contributed by atoms with Crippen LogP contribution in [0.15, 0.2) is 17.5 Å². The monoisotopic (exact) mass is 372 g/mol. The van der Waals surface area contributed by atoms with Gasteiger partial charge >= 0.3 is 0 Å². The van der Waals surface area contributed by atoms with E-state index < -0.39 is 16.3 Å². The van der Waals surface area contributed by atoms with Crippen molar-refractivity contribution in [3.05, 3.63) is 22.4 Å². The van der Waals surface area contributed by atoms with Crippen LogP contribution >= 0.6 is 11.3 Å². The molecule has 2 aliphatic rings. The van der Waals surface area contributed by atoms with Crippen LogP contribution in [0.3, 0.4) is 0 Å². The van der Waals surface area contributed by atoms with Gasteiger partial charge in [0.1, 0.15) is 6.04 Å². The summed E-state index contributed by atoms with van der Waals surface area (Å²) in [5, 5.41) is 1.92. The van der Waals surface area contributed by atoms with Gasteiger partial charge in [0, 0.05) is 38.1 Å². The van der Waals surface area contributed by atoms with Gasteiger partial charge in [0.25, 0.3) is 10.2 Å². The number of nitrogens with zero attached hydrogens (tertiary/aromatic N) is 3. The zero-order chi connectivity index (χ0) is 17.3. The Bertz CT molecular complexity index is 669. The average molecular weight is 373 g/mol. The minimum Gasteiger partial charge on any atom is -0.339 e. The number of carbonyl (C=O) groups is 1. The summed E-state index contributed by atoms with van der Waals surface area (Å²) in [5.41, 5.74) is 0. The lowest BCUT2D eigenvalue weighted by Gasteiger charge is -2.40. The number of piperazine rings is 1. The Morgan fingerprint density at radius 1 is 1.33 bits per heavy atom. The number of hydrogen-bond donors (Lipinski definition) is 1. The molecular weight excluding hydrogens is 348 g/mol. The molecule has 0 aliphatic carbocycles. The van der Waals surface area contributed by atoms with Gasteiger partial charge < -0.3 is 9.80 Å². The van der Waals surface area contributed by atoms with Crippen molar-refractivity contribution in [1.82, 2.24) is 18.8 Å². The SMILES string of the molecule is CCN1CCN(C(=O)[C@H]2C[C@H](c3cccs3)NS(=O)(=O)N2C)CC1. The smallest absolute Gasteiger partial charge is 0.280 e. The first kappa shape index (κ1) is 17.8. The Morgan fingerprint density at radius 3 is 2.62 bits per heavy atom. The molecule has 9 heteroatoms. The van der Waals surface area contributed by atoms with Crippen molar-refractivity contribution in [1.29, 1.82) is 0 Å². The van der Waals surface area contributed by atoms with Crippen molar-refractivity contribution in [2.45, 2.75) is 25.4 Å². The lowest BCUT2D eigenvalue weighted by atomic mass is 10.0. The highest BCUT2D eigenvalue weighted by molar-refractivity contribution is 7.87.